The Morgan fingerprint density at radius 2 is 1.94 bits per heavy atom. The Morgan fingerprint density at radius 3 is 2.63 bits per heavy atom. The number of benzene rings is 1. The Balaban J connectivity index is 1.49. The van der Waals surface area contributed by atoms with Crippen LogP contribution in [-0.4, -0.2) is 41.6 Å². The Hall–Kier alpha value is -3.16. The lowest BCUT2D eigenvalue weighted by atomic mass is 9.89. The topological polar surface area (TPSA) is 130 Å². The summed E-state index contributed by atoms with van der Waals surface area (Å²) in [6.45, 7) is 0.978. The average molecular weight is 496 g/mol. The molecule has 2 N–H and O–H groups in total. The van der Waals surface area contributed by atoms with Crippen LogP contribution in [0.15, 0.2) is 46.2 Å². The molecular formula is C25H29N5O4S. The van der Waals surface area contributed by atoms with Crippen LogP contribution in [0.3, 0.4) is 0 Å². The predicted octanol–water partition coefficient (Wildman–Crippen LogP) is 3.99. The number of nitrogens with zero attached hydrogens (tertiary/aromatic N) is 3. The van der Waals surface area contributed by atoms with E-state index in [-0.39, 0.29) is 17.2 Å². The molecule has 184 valence electrons. The van der Waals surface area contributed by atoms with Crippen molar-refractivity contribution in [3.8, 4) is 6.07 Å². The van der Waals surface area contributed by atoms with Crippen LogP contribution in [0, 0.1) is 11.3 Å². The molecule has 0 unspecified atom stereocenters. The Kier molecular flexibility index (Phi) is 6.38. The minimum absolute atomic E-state index is 0.212. The van der Waals surface area contributed by atoms with Gasteiger partial charge in [-0.2, -0.15) is 10.4 Å². The van der Waals surface area contributed by atoms with Gasteiger partial charge in [-0.25, -0.2) is 8.42 Å². The molecule has 5 rings (SSSR count). The highest BCUT2D eigenvalue weighted by Crippen LogP contribution is 2.36. The first kappa shape index (κ1) is 23.6. The summed E-state index contributed by atoms with van der Waals surface area (Å²) in [6.07, 6.45) is 7.72. The SMILES string of the molecule is N#CC[C@@]1(n2nc(Nc3ccc(S(=O)(=O)C4CCCCC4)cc3)c3c(=O)[nH]ccc32)CCCOC1. The molecule has 0 radical (unpaired) electrons. The molecule has 1 aliphatic carbocycles. The van der Waals surface area contributed by atoms with Gasteiger partial charge in [0.05, 0.1) is 40.3 Å². The highest BCUT2D eigenvalue weighted by molar-refractivity contribution is 7.92. The fraction of sp³-hybridized carbons (Fsp3) is 0.480. The van der Waals surface area contributed by atoms with Crippen molar-refractivity contribution in [2.75, 3.05) is 18.5 Å². The van der Waals surface area contributed by atoms with Gasteiger partial charge >= 0.3 is 0 Å². The van der Waals surface area contributed by atoms with Crippen LogP contribution in [0.1, 0.15) is 51.4 Å². The number of nitriles is 1. The minimum Gasteiger partial charge on any atom is -0.379 e. The molecule has 1 aliphatic heterocycles. The number of H-pyrrole nitrogens is 1. The standard InChI is InChI=1S/C25H29N5O4S/c26-14-13-25(12-4-16-34-17-25)30-21-11-15-27-24(31)22(21)23(29-30)28-18-7-9-20(10-8-18)35(32,33)19-5-2-1-3-6-19/h7-11,15,19H,1-6,12-13,16-17H2,(H,27,31)(H,28,29)/t25-/m0/s1. The molecule has 1 saturated carbocycles. The summed E-state index contributed by atoms with van der Waals surface area (Å²) < 4.78 is 33.5. The molecule has 3 heterocycles. The molecule has 0 amide bonds. The van der Waals surface area contributed by atoms with E-state index in [2.05, 4.69) is 16.4 Å². The van der Waals surface area contributed by atoms with Gasteiger partial charge in [-0.1, -0.05) is 19.3 Å². The molecule has 2 fully saturated rings. The van der Waals surface area contributed by atoms with E-state index in [1.54, 1.807) is 41.2 Å². The molecule has 10 heteroatoms. The van der Waals surface area contributed by atoms with E-state index < -0.39 is 15.4 Å². The van der Waals surface area contributed by atoms with Gasteiger partial charge in [0.1, 0.15) is 5.39 Å². The van der Waals surface area contributed by atoms with Crippen LogP contribution in [0.4, 0.5) is 11.5 Å². The van der Waals surface area contributed by atoms with Crippen LogP contribution in [0.2, 0.25) is 0 Å². The van der Waals surface area contributed by atoms with Crippen LogP contribution in [-0.2, 0) is 20.1 Å². The number of rotatable bonds is 6. The third-order valence-corrected chi connectivity index (χ3v) is 9.48. The maximum atomic E-state index is 13.0. The maximum absolute atomic E-state index is 13.0. The lowest BCUT2D eigenvalue weighted by molar-refractivity contribution is -0.00174. The third-order valence-electron chi connectivity index (χ3n) is 7.20. The van der Waals surface area contributed by atoms with E-state index in [0.717, 1.165) is 32.1 Å². The van der Waals surface area contributed by atoms with Crippen molar-refractivity contribution in [1.29, 1.82) is 5.26 Å². The first-order chi connectivity index (χ1) is 16.9. The highest BCUT2D eigenvalue weighted by atomic mass is 32.2. The fourth-order valence-electron chi connectivity index (χ4n) is 5.33. The van der Waals surface area contributed by atoms with E-state index in [0.29, 0.717) is 53.4 Å². The smallest absolute Gasteiger partial charge is 0.261 e. The lowest BCUT2D eigenvalue weighted by Gasteiger charge is -2.35. The normalized spacial score (nSPS) is 21.6. The van der Waals surface area contributed by atoms with Crippen LogP contribution in [0.25, 0.3) is 10.9 Å². The van der Waals surface area contributed by atoms with Gasteiger partial charge in [-0.15, -0.1) is 0 Å². The van der Waals surface area contributed by atoms with Gasteiger partial charge in [0.25, 0.3) is 5.56 Å². The Labute approximate surface area is 204 Å². The summed E-state index contributed by atoms with van der Waals surface area (Å²) in [5, 5.41) is 17.5. The molecule has 2 aliphatic rings. The number of ether oxygens (including phenoxy) is 1. The summed E-state index contributed by atoms with van der Waals surface area (Å²) in [6, 6.07) is 10.7. The second kappa shape index (κ2) is 9.47. The molecule has 3 aromatic rings. The van der Waals surface area contributed by atoms with Gasteiger partial charge < -0.3 is 15.0 Å². The summed E-state index contributed by atoms with van der Waals surface area (Å²) in [7, 11) is -3.36. The predicted molar refractivity (Wildman–Crippen MR) is 132 cm³/mol. The quantitative estimate of drug-likeness (QED) is 0.529. The summed E-state index contributed by atoms with van der Waals surface area (Å²) >= 11 is 0. The van der Waals surface area contributed by atoms with Crippen LogP contribution in [0.5, 0.6) is 0 Å². The Morgan fingerprint density at radius 1 is 1.17 bits per heavy atom. The van der Waals surface area contributed by atoms with Crippen molar-refractivity contribution in [1.82, 2.24) is 14.8 Å². The van der Waals surface area contributed by atoms with E-state index in [4.69, 9.17) is 9.84 Å². The highest BCUT2D eigenvalue weighted by Gasteiger charge is 2.38. The summed E-state index contributed by atoms with van der Waals surface area (Å²) in [5.41, 5.74) is 0.290. The fourth-order valence-corrected chi connectivity index (χ4v) is 7.18. The molecule has 0 spiro atoms. The third kappa shape index (κ3) is 4.34. The zero-order chi connectivity index (χ0) is 24.5. The van der Waals surface area contributed by atoms with Gasteiger partial charge in [0.2, 0.25) is 0 Å². The van der Waals surface area contributed by atoms with E-state index in [1.807, 2.05) is 0 Å². The Bertz CT molecular complexity index is 1410. The van der Waals surface area contributed by atoms with Gasteiger partial charge in [0, 0.05) is 18.5 Å². The maximum Gasteiger partial charge on any atom is 0.261 e. The molecule has 1 saturated heterocycles. The van der Waals surface area contributed by atoms with Crippen molar-refractivity contribution >= 4 is 32.2 Å². The number of aromatic amines is 1. The van der Waals surface area contributed by atoms with Gasteiger partial charge in [-0.05, 0) is 56.0 Å². The number of anilines is 2. The molecule has 0 bridgehead atoms. The van der Waals surface area contributed by atoms with E-state index in [1.165, 1.54) is 0 Å². The van der Waals surface area contributed by atoms with Crippen molar-refractivity contribution in [2.45, 2.75) is 67.1 Å². The van der Waals surface area contributed by atoms with Gasteiger partial charge in [-0.3, -0.25) is 9.48 Å². The molecule has 1 aromatic carbocycles. The van der Waals surface area contributed by atoms with Crippen LogP contribution >= 0.6 is 0 Å². The van der Waals surface area contributed by atoms with Crippen molar-refractivity contribution in [3.05, 3.63) is 46.9 Å². The van der Waals surface area contributed by atoms with Crippen molar-refractivity contribution in [3.63, 3.8) is 0 Å². The number of fused-ring (bicyclic) bond motifs is 1. The first-order valence-corrected chi connectivity index (χ1v) is 13.7. The second-order valence-electron chi connectivity index (χ2n) is 9.50. The van der Waals surface area contributed by atoms with E-state index in [9.17, 15) is 18.5 Å². The number of hydrogen-bond donors (Lipinski definition) is 2. The van der Waals surface area contributed by atoms with Gasteiger partial charge in [0.15, 0.2) is 15.7 Å². The molecule has 35 heavy (non-hydrogen) atoms. The molecule has 1 atom stereocenters. The largest absolute Gasteiger partial charge is 0.379 e. The number of aromatic nitrogens is 3. The molecular weight excluding hydrogens is 466 g/mol. The number of pyridine rings is 1. The average Bonchev–Trinajstić information content (AvgIpc) is 3.26. The zero-order valence-corrected chi connectivity index (χ0v) is 20.3. The lowest BCUT2D eigenvalue weighted by Crippen LogP contribution is -2.42. The first-order valence-electron chi connectivity index (χ1n) is 12.1. The zero-order valence-electron chi connectivity index (χ0n) is 19.5. The molecule has 2 aromatic heterocycles. The van der Waals surface area contributed by atoms with Crippen molar-refractivity contribution < 1.29 is 13.2 Å². The van der Waals surface area contributed by atoms with Crippen LogP contribution < -0.4 is 10.9 Å². The number of sulfone groups is 1. The van der Waals surface area contributed by atoms with Crippen molar-refractivity contribution in [2.24, 2.45) is 0 Å². The van der Waals surface area contributed by atoms with E-state index >= 15 is 0 Å². The number of hydrogen-bond acceptors (Lipinski definition) is 7. The monoisotopic (exact) mass is 495 g/mol. The summed E-state index contributed by atoms with van der Waals surface area (Å²) in [5.74, 6) is 0.354. The summed E-state index contributed by atoms with van der Waals surface area (Å²) in [4.78, 5) is 15.8. The minimum atomic E-state index is -3.36. The molecule has 9 nitrogen and oxygen atoms in total. The second-order valence-corrected chi connectivity index (χ2v) is 11.7. The number of nitrogens with one attached hydrogen (secondary N) is 2.